The van der Waals surface area contributed by atoms with E-state index >= 15 is 0 Å². The first-order valence-electron chi connectivity index (χ1n) is 6.55. The average molecular weight is 242 g/mol. The molecule has 17 heavy (non-hydrogen) atoms. The van der Waals surface area contributed by atoms with E-state index in [4.69, 9.17) is 4.74 Å². The number of hydrogen-bond donors (Lipinski definition) is 2. The van der Waals surface area contributed by atoms with E-state index in [2.05, 4.69) is 17.6 Å². The number of rotatable bonds is 5. The molecule has 4 nitrogen and oxygen atoms in total. The van der Waals surface area contributed by atoms with Gasteiger partial charge in [-0.15, -0.1) is 0 Å². The van der Waals surface area contributed by atoms with Crippen LogP contribution in [0.5, 0.6) is 0 Å². The molecule has 3 atom stereocenters. The standard InChI is InChI=1S/C13H26N2O2/c1-6-13(4,5)15-12(16)9(2)14-11-7-8-17-10(11)3/h9-11,14H,6-8H2,1-5H3,(H,15,16). The second-order valence-electron chi connectivity index (χ2n) is 5.59. The monoisotopic (exact) mass is 242 g/mol. The predicted molar refractivity (Wildman–Crippen MR) is 68.9 cm³/mol. The normalized spacial score (nSPS) is 26.9. The highest BCUT2D eigenvalue weighted by Crippen LogP contribution is 2.13. The quantitative estimate of drug-likeness (QED) is 0.767. The average Bonchev–Trinajstić information content (AvgIpc) is 2.64. The van der Waals surface area contributed by atoms with Gasteiger partial charge >= 0.3 is 0 Å². The molecule has 1 rings (SSSR count). The van der Waals surface area contributed by atoms with Crippen LogP contribution in [0.15, 0.2) is 0 Å². The molecular weight excluding hydrogens is 216 g/mol. The Balaban J connectivity index is 2.41. The smallest absolute Gasteiger partial charge is 0.237 e. The molecule has 1 aliphatic rings. The molecule has 0 bridgehead atoms. The van der Waals surface area contributed by atoms with Crippen LogP contribution in [-0.2, 0) is 9.53 Å². The Morgan fingerprint density at radius 3 is 2.65 bits per heavy atom. The van der Waals surface area contributed by atoms with Gasteiger partial charge in [0.05, 0.1) is 12.1 Å². The Labute approximate surface area is 104 Å². The van der Waals surface area contributed by atoms with Gasteiger partial charge in [-0.2, -0.15) is 0 Å². The highest BCUT2D eigenvalue weighted by atomic mass is 16.5. The third-order valence-corrected chi connectivity index (χ3v) is 3.58. The van der Waals surface area contributed by atoms with Crippen LogP contribution in [0.1, 0.15) is 47.5 Å². The molecule has 1 fully saturated rings. The molecule has 0 aromatic carbocycles. The Bertz CT molecular complexity index is 266. The summed E-state index contributed by atoms with van der Waals surface area (Å²) in [5.41, 5.74) is -0.134. The second kappa shape index (κ2) is 5.83. The van der Waals surface area contributed by atoms with Crippen molar-refractivity contribution < 1.29 is 9.53 Å². The van der Waals surface area contributed by atoms with Gasteiger partial charge in [-0.25, -0.2) is 0 Å². The molecule has 1 aliphatic heterocycles. The van der Waals surface area contributed by atoms with Crippen molar-refractivity contribution in [3.05, 3.63) is 0 Å². The van der Waals surface area contributed by atoms with Crippen LogP contribution in [0, 0.1) is 0 Å². The van der Waals surface area contributed by atoms with E-state index in [0.29, 0.717) is 6.04 Å². The lowest BCUT2D eigenvalue weighted by Gasteiger charge is -2.28. The summed E-state index contributed by atoms with van der Waals surface area (Å²) in [5, 5.41) is 6.39. The fraction of sp³-hybridized carbons (Fsp3) is 0.923. The minimum absolute atomic E-state index is 0.0657. The largest absolute Gasteiger partial charge is 0.377 e. The number of ether oxygens (including phenoxy) is 1. The zero-order valence-corrected chi connectivity index (χ0v) is 11.7. The lowest BCUT2D eigenvalue weighted by molar-refractivity contribution is -0.124. The van der Waals surface area contributed by atoms with Gasteiger partial charge in [0.1, 0.15) is 0 Å². The molecule has 100 valence electrons. The first-order valence-corrected chi connectivity index (χ1v) is 6.55. The maximum absolute atomic E-state index is 12.0. The molecule has 0 aromatic rings. The van der Waals surface area contributed by atoms with Crippen LogP contribution in [0.25, 0.3) is 0 Å². The Morgan fingerprint density at radius 1 is 1.53 bits per heavy atom. The first kappa shape index (κ1) is 14.5. The van der Waals surface area contributed by atoms with E-state index in [1.54, 1.807) is 0 Å². The van der Waals surface area contributed by atoms with E-state index in [9.17, 15) is 4.79 Å². The first-order chi connectivity index (χ1) is 7.85. The van der Waals surface area contributed by atoms with Crippen LogP contribution in [0.2, 0.25) is 0 Å². The summed E-state index contributed by atoms with van der Waals surface area (Å²) in [6, 6.07) is 0.121. The number of nitrogens with one attached hydrogen (secondary N) is 2. The van der Waals surface area contributed by atoms with E-state index in [-0.39, 0.29) is 23.6 Å². The van der Waals surface area contributed by atoms with E-state index in [1.807, 2.05) is 27.7 Å². The van der Waals surface area contributed by atoms with Crippen molar-refractivity contribution in [1.82, 2.24) is 10.6 Å². The third kappa shape index (κ3) is 4.28. The molecule has 1 heterocycles. The molecule has 2 N–H and O–H groups in total. The summed E-state index contributed by atoms with van der Waals surface area (Å²) < 4.78 is 5.47. The van der Waals surface area contributed by atoms with Crippen molar-refractivity contribution in [3.63, 3.8) is 0 Å². The van der Waals surface area contributed by atoms with Gasteiger partial charge < -0.3 is 15.4 Å². The summed E-state index contributed by atoms with van der Waals surface area (Å²) in [7, 11) is 0. The fourth-order valence-electron chi connectivity index (χ4n) is 1.88. The summed E-state index contributed by atoms with van der Waals surface area (Å²) in [6.45, 7) is 10.9. The minimum Gasteiger partial charge on any atom is -0.377 e. The van der Waals surface area contributed by atoms with Crippen LogP contribution >= 0.6 is 0 Å². The molecule has 4 heteroatoms. The Morgan fingerprint density at radius 2 is 2.18 bits per heavy atom. The van der Waals surface area contributed by atoms with Crippen molar-refractivity contribution in [3.8, 4) is 0 Å². The van der Waals surface area contributed by atoms with Crippen molar-refractivity contribution in [2.24, 2.45) is 0 Å². The van der Waals surface area contributed by atoms with Crippen LogP contribution in [0.4, 0.5) is 0 Å². The van der Waals surface area contributed by atoms with Gasteiger partial charge in [-0.05, 0) is 40.5 Å². The van der Waals surface area contributed by atoms with E-state index < -0.39 is 0 Å². The van der Waals surface area contributed by atoms with Crippen molar-refractivity contribution in [1.29, 1.82) is 0 Å². The predicted octanol–water partition coefficient (Wildman–Crippen LogP) is 1.45. The molecule has 0 radical (unpaired) electrons. The van der Waals surface area contributed by atoms with Crippen molar-refractivity contribution in [2.75, 3.05) is 6.61 Å². The SMILES string of the molecule is CCC(C)(C)NC(=O)C(C)NC1CCOC1C. The maximum Gasteiger partial charge on any atom is 0.237 e. The highest BCUT2D eigenvalue weighted by Gasteiger charge is 2.28. The van der Waals surface area contributed by atoms with Gasteiger partial charge in [-0.1, -0.05) is 6.92 Å². The Hall–Kier alpha value is -0.610. The van der Waals surface area contributed by atoms with E-state index in [1.165, 1.54) is 0 Å². The van der Waals surface area contributed by atoms with Gasteiger partial charge in [0.2, 0.25) is 5.91 Å². The van der Waals surface area contributed by atoms with Crippen LogP contribution in [0.3, 0.4) is 0 Å². The molecule has 0 spiro atoms. The minimum atomic E-state index is -0.171. The van der Waals surface area contributed by atoms with Crippen molar-refractivity contribution in [2.45, 2.75) is 71.2 Å². The molecular formula is C13H26N2O2. The molecule has 1 amide bonds. The number of carbonyl (C=O) groups excluding carboxylic acids is 1. The van der Waals surface area contributed by atoms with Gasteiger partial charge in [0.25, 0.3) is 0 Å². The molecule has 1 saturated heterocycles. The number of amides is 1. The van der Waals surface area contributed by atoms with Gasteiger partial charge in [-0.3, -0.25) is 4.79 Å². The maximum atomic E-state index is 12.0. The second-order valence-corrected chi connectivity index (χ2v) is 5.59. The summed E-state index contributed by atoms with van der Waals surface area (Å²) >= 11 is 0. The topological polar surface area (TPSA) is 50.4 Å². The number of carbonyl (C=O) groups is 1. The highest BCUT2D eigenvalue weighted by molar-refractivity contribution is 5.82. The lowest BCUT2D eigenvalue weighted by atomic mass is 10.0. The van der Waals surface area contributed by atoms with E-state index in [0.717, 1.165) is 19.4 Å². The zero-order valence-electron chi connectivity index (χ0n) is 11.7. The summed E-state index contributed by atoms with van der Waals surface area (Å²) in [4.78, 5) is 12.0. The van der Waals surface area contributed by atoms with Crippen LogP contribution < -0.4 is 10.6 Å². The van der Waals surface area contributed by atoms with Crippen molar-refractivity contribution >= 4 is 5.91 Å². The molecule has 3 unspecified atom stereocenters. The number of hydrogen-bond acceptors (Lipinski definition) is 3. The molecule has 0 saturated carbocycles. The zero-order chi connectivity index (χ0) is 13.1. The fourth-order valence-corrected chi connectivity index (χ4v) is 1.88. The molecule has 0 aromatic heterocycles. The summed E-state index contributed by atoms with van der Waals surface area (Å²) in [6.07, 6.45) is 2.11. The third-order valence-electron chi connectivity index (χ3n) is 3.58. The van der Waals surface area contributed by atoms with Gasteiger partial charge in [0, 0.05) is 18.2 Å². The van der Waals surface area contributed by atoms with Crippen LogP contribution in [-0.4, -0.2) is 36.2 Å². The van der Waals surface area contributed by atoms with Gasteiger partial charge in [0.15, 0.2) is 0 Å². The summed E-state index contributed by atoms with van der Waals surface area (Å²) in [5.74, 6) is 0.0657. The lowest BCUT2D eigenvalue weighted by Crippen LogP contribution is -2.53. The Kier molecular flexibility index (Phi) is 4.95. The molecule has 0 aliphatic carbocycles.